The monoisotopic (exact) mass is 475 g/mol. The Morgan fingerprint density at radius 2 is 1.88 bits per heavy atom. The zero-order chi connectivity index (χ0) is 24.7. The van der Waals surface area contributed by atoms with Crippen molar-refractivity contribution in [3.05, 3.63) is 64.7 Å². The first-order chi connectivity index (χ1) is 16.2. The smallest absolute Gasteiger partial charge is 0.306 e. The molecule has 0 radical (unpaired) electrons. The summed E-state index contributed by atoms with van der Waals surface area (Å²) in [5.41, 5.74) is 3.05. The third-order valence-electron chi connectivity index (χ3n) is 6.16. The maximum Gasteiger partial charge on any atom is 0.306 e. The Balaban J connectivity index is 1.46. The number of carbonyl (C=O) groups excluding carboxylic acids is 1. The van der Waals surface area contributed by atoms with E-state index in [9.17, 15) is 18.7 Å². The van der Waals surface area contributed by atoms with Crippen LogP contribution in [0.4, 0.5) is 8.78 Å². The van der Waals surface area contributed by atoms with Gasteiger partial charge >= 0.3 is 5.97 Å². The van der Waals surface area contributed by atoms with Crippen molar-refractivity contribution in [3.63, 3.8) is 0 Å². The van der Waals surface area contributed by atoms with E-state index in [4.69, 9.17) is 9.47 Å². The maximum atomic E-state index is 14.2. The lowest BCUT2D eigenvalue weighted by Crippen LogP contribution is -2.46. The van der Waals surface area contributed by atoms with E-state index in [0.717, 1.165) is 25.3 Å². The van der Waals surface area contributed by atoms with Crippen LogP contribution in [-0.2, 0) is 28.8 Å². The van der Waals surface area contributed by atoms with Gasteiger partial charge in [0.2, 0.25) is 5.82 Å². The predicted molar refractivity (Wildman–Crippen MR) is 127 cm³/mol. The van der Waals surface area contributed by atoms with Crippen LogP contribution in [0.25, 0.3) is 0 Å². The third kappa shape index (κ3) is 7.50. The van der Waals surface area contributed by atoms with Crippen LogP contribution in [-0.4, -0.2) is 42.5 Å². The second-order valence-corrected chi connectivity index (χ2v) is 9.67. The van der Waals surface area contributed by atoms with E-state index < -0.39 is 23.7 Å². The van der Waals surface area contributed by atoms with Gasteiger partial charge < -0.3 is 19.9 Å². The third-order valence-corrected chi connectivity index (χ3v) is 6.16. The lowest BCUT2D eigenvalue weighted by atomic mass is 9.88. The number of benzene rings is 2. The highest BCUT2D eigenvalue weighted by Gasteiger charge is 2.28. The molecular formula is C27H35F2NO4. The Morgan fingerprint density at radius 1 is 1.21 bits per heavy atom. The average molecular weight is 476 g/mol. The fourth-order valence-corrected chi connectivity index (χ4v) is 4.57. The van der Waals surface area contributed by atoms with Crippen molar-refractivity contribution >= 4 is 5.97 Å². The molecule has 7 heteroatoms. The number of ether oxygens (including phenoxy) is 2. The molecule has 34 heavy (non-hydrogen) atoms. The molecule has 0 unspecified atom stereocenters. The number of aryl methyl sites for hydroxylation is 1. The maximum absolute atomic E-state index is 14.2. The van der Waals surface area contributed by atoms with E-state index >= 15 is 0 Å². The van der Waals surface area contributed by atoms with Crippen LogP contribution in [0.15, 0.2) is 36.4 Å². The molecule has 1 aliphatic carbocycles. The van der Waals surface area contributed by atoms with Gasteiger partial charge in [0.15, 0.2) is 11.6 Å². The highest BCUT2D eigenvalue weighted by atomic mass is 19.2. The summed E-state index contributed by atoms with van der Waals surface area (Å²) in [5, 5.41) is 13.8. The number of aliphatic hydroxyl groups is 1. The Kier molecular flexibility index (Phi) is 9.03. The molecule has 5 nitrogen and oxygen atoms in total. The fourth-order valence-electron chi connectivity index (χ4n) is 4.57. The van der Waals surface area contributed by atoms with Crippen molar-refractivity contribution in [2.24, 2.45) is 5.92 Å². The minimum atomic E-state index is -1.11. The average Bonchev–Trinajstić information content (AvgIpc) is 3.19. The van der Waals surface area contributed by atoms with Crippen molar-refractivity contribution in [1.82, 2.24) is 5.32 Å². The number of hydrogen-bond acceptors (Lipinski definition) is 5. The first-order valence-electron chi connectivity index (χ1n) is 11.9. The van der Waals surface area contributed by atoms with Crippen molar-refractivity contribution < 1.29 is 28.2 Å². The summed E-state index contributed by atoms with van der Waals surface area (Å²) in [6.45, 7) is 6.25. The minimum absolute atomic E-state index is 0.0616. The number of halogens is 2. The van der Waals surface area contributed by atoms with Crippen LogP contribution in [0.1, 0.15) is 50.3 Å². The van der Waals surface area contributed by atoms with E-state index in [1.54, 1.807) is 6.92 Å². The number of β-amino-alcohol motifs (C(OH)–C–C–N with tert-alkyl or cyclic N) is 1. The molecule has 186 valence electrons. The van der Waals surface area contributed by atoms with Gasteiger partial charge in [0.1, 0.15) is 12.7 Å². The SMILES string of the molecule is CCOC(=O)CCc1cc(F)c(F)c(OC[C@H](O)CNC(C)(C)CC2Cc3ccccc3C2)c1. The van der Waals surface area contributed by atoms with Crippen LogP contribution >= 0.6 is 0 Å². The Hall–Kier alpha value is -2.51. The molecule has 2 aromatic rings. The standard InChI is InChI=1S/C27H35F2NO4/c1-4-33-25(32)10-9-18-13-23(28)26(29)24(14-18)34-17-22(31)16-30-27(2,3)15-19-11-20-7-5-6-8-21(20)12-19/h5-8,13-14,19,22,30-31H,4,9-12,15-17H2,1-3H3/t22-/m1/s1. The fraction of sp³-hybridized carbons (Fsp3) is 0.519. The van der Waals surface area contributed by atoms with Gasteiger partial charge in [-0.15, -0.1) is 0 Å². The van der Waals surface area contributed by atoms with Crippen molar-refractivity contribution in [2.75, 3.05) is 19.8 Å². The molecule has 0 heterocycles. The minimum Gasteiger partial charge on any atom is -0.488 e. The zero-order valence-electron chi connectivity index (χ0n) is 20.2. The number of nitrogens with one attached hydrogen (secondary N) is 1. The molecule has 0 amide bonds. The van der Waals surface area contributed by atoms with Gasteiger partial charge in [0.25, 0.3) is 0 Å². The molecular weight excluding hydrogens is 440 g/mol. The molecule has 1 atom stereocenters. The van der Waals surface area contributed by atoms with Crippen molar-refractivity contribution in [1.29, 1.82) is 0 Å². The number of fused-ring (bicyclic) bond motifs is 1. The first kappa shape index (κ1) is 26.1. The van der Waals surface area contributed by atoms with Gasteiger partial charge in [-0.1, -0.05) is 24.3 Å². The van der Waals surface area contributed by atoms with Crippen LogP contribution in [0, 0.1) is 17.6 Å². The molecule has 2 N–H and O–H groups in total. The van der Waals surface area contributed by atoms with E-state index in [1.807, 2.05) is 0 Å². The van der Waals surface area contributed by atoms with E-state index in [1.165, 1.54) is 17.2 Å². The Labute approximate surface area is 200 Å². The molecule has 0 aromatic heterocycles. The summed E-state index contributed by atoms with van der Waals surface area (Å²) >= 11 is 0. The van der Waals surface area contributed by atoms with E-state index in [-0.39, 0.29) is 43.9 Å². The quantitative estimate of drug-likeness (QED) is 0.446. The Bertz CT molecular complexity index is 954. The van der Waals surface area contributed by atoms with Gasteiger partial charge in [-0.25, -0.2) is 4.39 Å². The molecule has 1 aliphatic rings. The predicted octanol–water partition coefficient (Wildman–Crippen LogP) is 4.37. The first-order valence-corrected chi connectivity index (χ1v) is 11.9. The van der Waals surface area contributed by atoms with Gasteiger partial charge in [-0.2, -0.15) is 4.39 Å². The molecule has 3 rings (SSSR count). The topological polar surface area (TPSA) is 67.8 Å². The summed E-state index contributed by atoms with van der Waals surface area (Å²) < 4.78 is 38.4. The lowest BCUT2D eigenvalue weighted by molar-refractivity contribution is -0.143. The lowest BCUT2D eigenvalue weighted by Gasteiger charge is -2.30. The number of carbonyl (C=O) groups is 1. The van der Waals surface area contributed by atoms with Crippen molar-refractivity contribution in [3.8, 4) is 5.75 Å². The molecule has 0 bridgehead atoms. The van der Waals surface area contributed by atoms with Crippen LogP contribution in [0.3, 0.4) is 0 Å². The molecule has 2 aromatic carbocycles. The molecule has 0 saturated heterocycles. The second kappa shape index (κ2) is 11.8. The summed E-state index contributed by atoms with van der Waals surface area (Å²) in [6, 6.07) is 10.9. The summed E-state index contributed by atoms with van der Waals surface area (Å²) in [6.07, 6.45) is 2.44. The van der Waals surface area contributed by atoms with Gasteiger partial charge in [0, 0.05) is 18.5 Å². The normalized spacial score (nSPS) is 14.6. The molecule has 0 fully saturated rings. The Morgan fingerprint density at radius 3 is 2.53 bits per heavy atom. The second-order valence-electron chi connectivity index (χ2n) is 9.67. The number of esters is 1. The molecule has 0 spiro atoms. The van der Waals surface area contributed by atoms with E-state index in [2.05, 4.69) is 43.4 Å². The number of rotatable bonds is 12. The summed E-state index contributed by atoms with van der Waals surface area (Å²) in [5.74, 6) is -2.30. The van der Waals surface area contributed by atoms with Crippen LogP contribution in [0.2, 0.25) is 0 Å². The number of hydrogen-bond donors (Lipinski definition) is 2. The highest BCUT2D eigenvalue weighted by molar-refractivity contribution is 5.69. The van der Waals surface area contributed by atoms with Gasteiger partial charge in [0.05, 0.1) is 6.61 Å². The number of aliphatic hydroxyl groups excluding tert-OH is 1. The van der Waals surface area contributed by atoms with Gasteiger partial charge in [-0.3, -0.25) is 4.79 Å². The van der Waals surface area contributed by atoms with Crippen LogP contribution < -0.4 is 10.1 Å². The summed E-state index contributed by atoms with van der Waals surface area (Å²) in [7, 11) is 0. The zero-order valence-corrected chi connectivity index (χ0v) is 20.2. The highest BCUT2D eigenvalue weighted by Crippen LogP contribution is 2.32. The molecule has 0 aliphatic heterocycles. The van der Waals surface area contributed by atoms with Crippen molar-refractivity contribution in [2.45, 2.75) is 64.5 Å². The summed E-state index contributed by atoms with van der Waals surface area (Å²) in [4.78, 5) is 11.5. The van der Waals surface area contributed by atoms with Crippen LogP contribution in [0.5, 0.6) is 5.75 Å². The van der Waals surface area contributed by atoms with Gasteiger partial charge in [-0.05, 0) is 81.2 Å². The largest absolute Gasteiger partial charge is 0.488 e. The molecule has 0 saturated carbocycles. The van der Waals surface area contributed by atoms with E-state index in [0.29, 0.717) is 11.5 Å².